The molecule has 2 atom stereocenters. The number of hydrogen-bond acceptors (Lipinski definition) is 2. The monoisotopic (exact) mass is 278 g/mol. The van der Waals surface area contributed by atoms with Crippen molar-refractivity contribution in [3.8, 4) is 0 Å². The highest BCUT2D eigenvalue weighted by atomic mass is 32.2. The molecule has 2 unspecified atom stereocenters. The lowest BCUT2D eigenvalue weighted by Crippen LogP contribution is -2.31. The van der Waals surface area contributed by atoms with E-state index in [1.165, 1.54) is 6.42 Å². The third-order valence-electron chi connectivity index (χ3n) is 3.93. The lowest BCUT2D eigenvalue weighted by atomic mass is 10.0. The number of ketones is 1. The number of carbonyl (C=O) groups is 1. The predicted molar refractivity (Wildman–Crippen MR) is 80.0 cm³/mol. The standard InChI is InChI=1S/C16H22O2S/c1-12-8-10-14(11-9-12)16(17)13(2)19(18)15-6-4-3-5-7-15/h8-11,13,15H,3-7H2,1-2H3. The first-order valence-electron chi connectivity index (χ1n) is 7.10. The van der Waals surface area contributed by atoms with Crippen LogP contribution in [0.4, 0.5) is 0 Å². The van der Waals surface area contributed by atoms with Crippen LogP contribution in [0.15, 0.2) is 24.3 Å². The lowest BCUT2D eigenvalue weighted by molar-refractivity contribution is 0.0992. The summed E-state index contributed by atoms with van der Waals surface area (Å²) in [6.07, 6.45) is 5.58. The Morgan fingerprint density at radius 3 is 2.32 bits per heavy atom. The van der Waals surface area contributed by atoms with Gasteiger partial charge in [0.05, 0.1) is 5.25 Å². The molecule has 19 heavy (non-hydrogen) atoms. The Hall–Kier alpha value is -0.960. The SMILES string of the molecule is Cc1ccc(C(=O)C(C)S(=O)C2CCCCC2)cc1. The fraction of sp³-hybridized carbons (Fsp3) is 0.562. The molecule has 2 nitrogen and oxygen atoms in total. The van der Waals surface area contributed by atoms with Crippen LogP contribution < -0.4 is 0 Å². The van der Waals surface area contributed by atoms with Crippen molar-refractivity contribution >= 4 is 16.6 Å². The number of Topliss-reactive ketones (excluding diaryl/α,β-unsaturated/α-hetero) is 1. The zero-order valence-corrected chi connectivity index (χ0v) is 12.5. The van der Waals surface area contributed by atoms with Crippen LogP contribution in [-0.2, 0) is 10.8 Å². The molecule has 0 N–H and O–H groups in total. The number of rotatable bonds is 4. The fourth-order valence-electron chi connectivity index (χ4n) is 2.64. The van der Waals surface area contributed by atoms with Crippen LogP contribution in [-0.4, -0.2) is 20.5 Å². The zero-order valence-electron chi connectivity index (χ0n) is 11.7. The molecular formula is C16H22O2S. The number of hydrogen-bond donors (Lipinski definition) is 0. The smallest absolute Gasteiger partial charge is 0.178 e. The molecule has 0 aromatic heterocycles. The summed E-state index contributed by atoms with van der Waals surface area (Å²) in [7, 11) is -1.04. The van der Waals surface area contributed by atoms with Gasteiger partial charge in [-0.15, -0.1) is 0 Å². The first kappa shape index (κ1) is 14.4. The van der Waals surface area contributed by atoms with Crippen molar-refractivity contribution in [1.82, 2.24) is 0 Å². The maximum Gasteiger partial charge on any atom is 0.178 e. The average molecular weight is 278 g/mol. The Morgan fingerprint density at radius 2 is 1.74 bits per heavy atom. The molecule has 0 heterocycles. The van der Waals surface area contributed by atoms with Gasteiger partial charge in [-0.25, -0.2) is 0 Å². The molecule has 0 spiro atoms. The normalized spacial score (nSPS) is 19.9. The zero-order chi connectivity index (χ0) is 13.8. The predicted octanol–water partition coefficient (Wildman–Crippen LogP) is 3.65. The van der Waals surface area contributed by atoms with Gasteiger partial charge in [0.1, 0.15) is 0 Å². The molecular weight excluding hydrogens is 256 g/mol. The van der Waals surface area contributed by atoms with E-state index in [4.69, 9.17) is 0 Å². The largest absolute Gasteiger partial charge is 0.293 e. The van der Waals surface area contributed by atoms with Gasteiger partial charge in [0.25, 0.3) is 0 Å². The molecule has 3 heteroatoms. The van der Waals surface area contributed by atoms with Gasteiger partial charge in [-0.05, 0) is 26.7 Å². The van der Waals surface area contributed by atoms with Crippen LogP contribution in [0.1, 0.15) is 54.9 Å². The minimum atomic E-state index is -1.04. The number of benzene rings is 1. The molecule has 0 bridgehead atoms. The average Bonchev–Trinajstić information content (AvgIpc) is 2.46. The minimum Gasteiger partial charge on any atom is -0.293 e. The number of carbonyl (C=O) groups excluding carboxylic acids is 1. The second-order valence-corrected chi connectivity index (χ2v) is 7.49. The van der Waals surface area contributed by atoms with Gasteiger partial charge in [-0.3, -0.25) is 9.00 Å². The molecule has 1 aliphatic rings. The van der Waals surface area contributed by atoms with Crippen molar-refractivity contribution in [2.75, 3.05) is 0 Å². The Balaban J connectivity index is 2.05. The van der Waals surface area contributed by atoms with Crippen molar-refractivity contribution in [1.29, 1.82) is 0 Å². The summed E-state index contributed by atoms with van der Waals surface area (Å²) in [4.78, 5) is 12.3. The maximum atomic E-state index is 12.5. The molecule has 0 amide bonds. The van der Waals surface area contributed by atoms with Crippen molar-refractivity contribution in [2.45, 2.75) is 56.5 Å². The molecule has 1 aliphatic carbocycles. The van der Waals surface area contributed by atoms with E-state index in [9.17, 15) is 9.00 Å². The van der Waals surface area contributed by atoms with Gasteiger partial charge in [-0.2, -0.15) is 0 Å². The molecule has 1 aromatic rings. The highest BCUT2D eigenvalue weighted by Gasteiger charge is 2.28. The Labute approximate surface area is 118 Å². The summed E-state index contributed by atoms with van der Waals surface area (Å²) in [5, 5.41) is -0.163. The van der Waals surface area contributed by atoms with Crippen LogP contribution in [0.25, 0.3) is 0 Å². The van der Waals surface area contributed by atoms with E-state index in [1.54, 1.807) is 0 Å². The summed E-state index contributed by atoms with van der Waals surface area (Å²) < 4.78 is 12.5. The molecule has 0 aliphatic heterocycles. The molecule has 0 saturated heterocycles. The minimum absolute atomic E-state index is 0.0175. The van der Waals surface area contributed by atoms with Crippen LogP contribution in [0, 0.1) is 6.92 Å². The first-order chi connectivity index (χ1) is 9.09. The van der Waals surface area contributed by atoms with E-state index >= 15 is 0 Å². The Bertz CT molecular complexity index is 458. The van der Waals surface area contributed by atoms with Crippen LogP contribution in [0.2, 0.25) is 0 Å². The second-order valence-electron chi connectivity index (χ2n) is 5.46. The van der Waals surface area contributed by atoms with Crippen LogP contribution >= 0.6 is 0 Å². The summed E-state index contributed by atoms with van der Waals surface area (Å²) in [6.45, 7) is 3.81. The fourth-order valence-corrected chi connectivity index (χ4v) is 4.37. The molecule has 0 radical (unpaired) electrons. The second kappa shape index (κ2) is 6.47. The molecule has 2 rings (SSSR count). The van der Waals surface area contributed by atoms with Crippen molar-refractivity contribution in [3.05, 3.63) is 35.4 Å². The van der Waals surface area contributed by atoms with Crippen molar-refractivity contribution in [3.63, 3.8) is 0 Å². The summed E-state index contributed by atoms with van der Waals surface area (Å²) in [5.41, 5.74) is 1.82. The van der Waals surface area contributed by atoms with E-state index in [-0.39, 0.29) is 16.3 Å². The van der Waals surface area contributed by atoms with Crippen LogP contribution in [0.3, 0.4) is 0 Å². The van der Waals surface area contributed by atoms with Gasteiger partial charge < -0.3 is 0 Å². The van der Waals surface area contributed by atoms with E-state index in [2.05, 4.69) is 0 Å². The van der Waals surface area contributed by atoms with Gasteiger partial charge in [0.2, 0.25) is 0 Å². The first-order valence-corrected chi connectivity index (χ1v) is 8.37. The molecule has 104 valence electrons. The maximum absolute atomic E-state index is 12.5. The van der Waals surface area contributed by atoms with E-state index in [1.807, 2.05) is 38.1 Å². The van der Waals surface area contributed by atoms with Gasteiger partial charge in [-0.1, -0.05) is 49.1 Å². The van der Waals surface area contributed by atoms with E-state index in [0.717, 1.165) is 31.2 Å². The Morgan fingerprint density at radius 1 is 1.16 bits per heavy atom. The van der Waals surface area contributed by atoms with Crippen LogP contribution in [0.5, 0.6) is 0 Å². The van der Waals surface area contributed by atoms with Crippen molar-refractivity contribution in [2.24, 2.45) is 0 Å². The summed E-state index contributed by atoms with van der Waals surface area (Å²) in [5.74, 6) is 0.0175. The third-order valence-corrected chi connectivity index (χ3v) is 5.97. The van der Waals surface area contributed by atoms with E-state index < -0.39 is 10.8 Å². The third kappa shape index (κ3) is 3.53. The van der Waals surface area contributed by atoms with Gasteiger partial charge in [0, 0.05) is 21.6 Å². The molecule has 1 fully saturated rings. The number of aryl methyl sites for hydroxylation is 1. The van der Waals surface area contributed by atoms with E-state index in [0.29, 0.717) is 5.56 Å². The van der Waals surface area contributed by atoms with Crippen molar-refractivity contribution < 1.29 is 9.00 Å². The highest BCUT2D eigenvalue weighted by molar-refractivity contribution is 7.87. The topological polar surface area (TPSA) is 34.1 Å². The lowest BCUT2D eigenvalue weighted by Gasteiger charge is -2.23. The van der Waals surface area contributed by atoms with Gasteiger partial charge in [0.15, 0.2) is 5.78 Å². The summed E-state index contributed by atoms with van der Waals surface area (Å²) in [6, 6.07) is 7.55. The Kier molecular flexibility index (Phi) is 4.92. The highest BCUT2D eigenvalue weighted by Crippen LogP contribution is 2.25. The molecule has 1 aromatic carbocycles. The summed E-state index contributed by atoms with van der Waals surface area (Å²) >= 11 is 0. The molecule has 1 saturated carbocycles. The quantitative estimate of drug-likeness (QED) is 0.788. The van der Waals surface area contributed by atoms with Gasteiger partial charge >= 0.3 is 0 Å².